The maximum Gasteiger partial charge on any atom is 0.00506 e. The van der Waals surface area contributed by atoms with Gasteiger partial charge in [0, 0.05) is 39.0 Å². The summed E-state index contributed by atoms with van der Waals surface area (Å²) in [5.74, 6) is 0. The maximum atomic E-state index is 3.36. The Kier molecular flexibility index (Phi) is 17.6. The molecule has 0 N–H and O–H groups in total. The molecule has 0 aromatic carbocycles. The molecule has 2 radical (unpaired) electrons. The zero-order chi connectivity index (χ0) is 10.5. The molecule has 76 valence electrons. The fourth-order valence-corrected chi connectivity index (χ4v) is 0.642. The van der Waals surface area contributed by atoms with Gasteiger partial charge in [0.2, 0.25) is 0 Å². The van der Waals surface area contributed by atoms with Crippen molar-refractivity contribution in [2.24, 2.45) is 0 Å². The predicted molar refractivity (Wildman–Crippen MR) is 65.6 cm³/mol. The van der Waals surface area contributed by atoms with Gasteiger partial charge < -0.3 is 0 Å². The molecular formula is C14H16Zr. The average molecular weight is 276 g/mol. The zero-order valence-electron chi connectivity index (χ0n) is 8.84. The van der Waals surface area contributed by atoms with E-state index in [1.807, 2.05) is 61.4 Å². The van der Waals surface area contributed by atoms with Crippen LogP contribution in [0.25, 0.3) is 0 Å². The van der Waals surface area contributed by atoms with Crippen molar-refractivity contribution in [3.8, 4) is 0 Å². The van der Waals surface area contributed by atoms with Gasteiger partial charge in [-0.2, -0.15) is 0 Å². The number of allylic oxidation sites excluding steroid dienone is 10. The van der Waals surface area contributed by atoms with Crippen LogP contribution < -0.4 is 0 Å². The van der Waals surface area contributed by atoms with Crippen molar-refractivity contribution in [3.05, 3.63) is 86.8 Å². The summed E-state index contributed by atoms with van der Waals surface area (Å²) >= 11 is 0. The normalized spacial score (nSPS) is 13.1. The van der Waals surface area contributed by atoms with E-state index in [4.69, 9.17) is 0 Å². The summed E-state index contributed by atoms with van der Waals surface area (Å²) in [6, 6.07) is 0. The summed E-state index contributed by atoms with van der Waals surface area (Å²) in [5, 5.41) is 0. The molecule has 15 heavy (non-hydrogen) atoms. The van der Waals surface area contributed by atoms with Gasteiger partial charge in [0.15, 0.2) is 0 Å². The standard InChI is InChI=1S/2C5H5.C4H6.Zr/c2*1-2-4-5-3-1;1-3-4-2;/h2*1-5H;3-4H,1-2H2;. The molecule has 2 aliphatic rings. The van der Waals surface area contributed by atoms with Gasteiger partial charge in [-0.15, -0.1) is 0 Å². The van der Waals surface area contributed by atoms with Gasteiger partial charge >= 0.3 is 0 Å². The summed E-state index contributed by atoms with van der Waals surface area (Å²) in [6.45, 7) is 6.72. The van der Waals surface area contributed by atoms with Crippen molar-refractivity contribution in [3.63, 3.8) is 0 Å². The SMILES string of the molecule is C=CC=C.[CH]1C=CC=C1.[CH]1C=CC=C1.[Zr]. The van der Waals surface area contributed by atoms with Crippen molar-refractivity contribution in [1.29, 1.82) is 0 Å². The van der Waals surface area contributed by atoms with Crippen LogP contribution >= 0.6 is 0 Å². The summed E-state index contributed by atoms with van der Waals surface area (Å²) in [4.78, 5) is 0. The molecule has 2 rings (SSSR count). The first kappa shape index (κ1) is 16.7. The molecule has 0 nitrogen and oxygen atoms in total. The molecule has 0 aliphatic heterocycles. The number of hydrogen-bond donors (Lipinski definition) is 0. The molecule has 0 fully saturated rings. The van der Waals surface area contributed by atoms with Crippen LogP contribution in [0.15, 0.2) is 73.9 Å². The van der Waals surface area contributed by atoms with Crippen LogP contribution in [-0.4, -0.2) is 0 Å². The van der Waals surface area contributed by atoms with Crippen LogP contribution in [0.5, 0.6) is 0 Å². The smallest absolute Gasteiger partial charge is 0.00506 e. The Bertz CT molecular complexity index is 207. The molecule has 0 atom stereocenters. The molecule has 0 heterocycles. The Morgan fingerprint density at radius 1 is 0.533 bits per heavy atom. The van der Waals surface area contributed by atoms with Gasteiger partial charge in [-0.3, -0.25) is 0 Å². The van der Waals surface area contributed by atoms with E-state index in [9.17, 15) is 0 Å². The molecule has 0 unspecified atom stereocenters. The van der Waals surface area contributed by atoms with Crippen molar-refractivity contribution in [2.45, 2.75) is 0 Å². The van der Waals surface area contributed by atoms with E-state index in [1.165, 1.54) is 0 Å². The predicted octanol–water partition coefficient (Wildman–Crippen LogP) is 3.99. The van der Waals surface area contributed by atoms with Crippen LogP contribution in [0.1, 0.15) is 0 Å². The van der Waals surface area contributed by atoms with Gasteiger partial charge in [0.05, 0.1) is 0 Å². The minimum atomic E-state index is 0. The quantitative estimate of drug-likeness (QED) is 0.635. The topological polar surface area (TPSA) is 0 Å². The largest absolute Gasteiger partial charge is 0.0991 e. The summed E-state index contributed by atoms with van der Waals surface area (Å²) in [6.07, 6.45) is 23.3. The molecule has 0 saturated heterocycles. The Labute approximate surface area is 113 Å². The molecule has 0 amide bonds. The molecule has 0 spiro atoms. The Morgan fingerprint density at radius 2 is 0.800 bits per heavy atom. The molecule has 0 bridgehead atoms. The minimum Gasteiger partial charge on any atom is -0.0991 e. The Morgan fingerprint density at radius 3 is 0.867 bits per heavy atom. The summed E-state index contributed by atoms with van der Waals surface area (Å²) in [5.41, 5.74) is 0. The van der Waals surface area contributed by atoms with E-state index in [1.54, 1.807) is 12.2 Å². The van der Waals surface area contributed by atoms with E-state index in [2.05, 4.69) is 13.2 Å². The van der Waals surface area contributed by atoms with E-state index in [-0.39, 0.29) is 26.2 Å². The first-order valence-corrected chi connectivity index (χ1v) is 4.48. The third-order valence-corrected chi connectivity index (χ3v) is 1.28. The Hall–Kier alpha value is -0.677. The van der Waals surface area contributed by atoms with E-state index >= 15 is 0 Å². The molecule has 1 heteroatoms. The van der Waals surface area contributed by atoms with Gasteiger partial charge in [0.25, 0.3) is 0 Å². The molecule has 0 aromatic heterocycles. The van der Waals surface area contributed by atoms with Crippen molar-refractivity contribution in [1.82, 2.24) is 0 Å². The fourth-order valence-electron chi connectivity index (χ4n) is 0.642. The second-order valence-corrected chi connectivity index (χ2v) is 2.40. The van der Waals surface area contributed by atoms with E-state index < -0.39 is 0 Å². The monoisotopic (exact) mass is 274 g/mol. The summed E-state index contributed by atoms with van der Waals surface area (Å²) < 4.78 is 0. The first-order chi connectivity index (χ1) is 6.91. The van der Waals surface area contributed by atoms with Crippen molar-refractivity contribution >= 4 is 0 Å². The number of rotatable bonds is 1. The molecule has 2 aliphatic carbocycles. The van der Waals surface area contributed by atoms with Gasteiger partial charge in [-0.1, -0.05) is 73.9 Å². The van der Waals surface area contributed by atoms with Gasteiger partial charge in [-0.05, 0) is 0 Å². The maximum absolute atomic E-state index is 3.36. The second kappa shape index (κ2) is 15.8. The Balaban J connectivity index is 0. The van der Waals surface area contributed by atoms with Crippen molar-refractivity contribution < 1.29 is 26.2 Å². The van der Waals surface area contributed by atoms with Gasteiger partial charge in [0.1, 0.15) is 0 Å². The molecular weight excluding hydrogens is 259 g/mol. The van der Waals surface area contributed by atoms with E-state index in [0.717, 1.165) is 0 Å². The van der Waals surface area contributed by atoms with Crippen LogP contribution in [0, 0.1) is 12.8 Å². The fraction of sp³-hybridized carbons (Fsp3) is 0. The van der Waals surface area contributed by atoms with Crippen LogP contribution in [0.3, 0.4) is 0 Å². The van der Waals surface area contributed by atoms with Gasteiger partial charge in [-0.25, -0.2) is 0 Å². The molecule has 0 aromatic rings. The third-order valence-electron chi connectivity index (χ3n) is 1.28. The van der Waals surface area contributed by atoms with Crippen molar-refractivity contribution in [2.75, 3.05) is 0 Å². The first-order valence-electron chi connectivity index (χ1n) is 4.48. The summed E-state index contributed by atoms with van der Waals surface area (Å²) in [7, 11) is 0. The number of hydrogen-bond acceptors (Lipinski definition) is 0. The van der Waals surface area contributed by atoms with Crippen LogP contribution in [0.2, 0.25) is 0 Å². The van der Waals surface area contributed by atoms with Crippen LogP contribution in [0.4, 0.5) is 0 Å². The average Bonchev–Trinajstić information content (AvgIpc) is 2.94. The van der Waals surface area contributed by atoms with Crippen LogP contribution in [-0.2, 0) is 26.2 Å². The minimum absolute atomic E-state index is 0. The zero-order valence-corrected chi connectivity index (χ0v) is 11.3. The second-order valence-electron chi connectivity index (χ2n) is 2.40. The van der Waals surface area contributed by atoms with E-state index in [0.29, 0.717) is 0 Å². The molecule has 0 saturated carbocycles. The third kappa shape index (κ3) is 16.0.